The predicted octanol–water partition coefficient (Wildman–Crippen LogP) is 2.23. The van der Waals surface area contributed by atoms with Crippen LogP contribution in [-0.2, 0) is 4.79 Å². The van der Waals surface area contributed by atoms with Crippen molar-refractivity contribution in [2.75, 3.05) is 38.0 Å². The zero-order valence-electron chi connectivity index (χ0n) is 15.3. The average molecular weight is 371 g/mol. The number of nitro benzene ring substituents is 1. The molecule has 2 aromatic rings. The number of hydrazone groups is 1. The Kier molecular flexibility index (Phi) is 6.70. The molecule has 9 heteroatoms. The minimum atomic E-state index is -0.478. The van der Waals surface area contributed by atoms with Crippen molar-refractivity contribution >= 4 is 29.2 Å². The van der Waals surface area contributed by atoms with E-state index in [9.17, 15) is 14.9 Å². The maximum Gasteiger partial charge on any atom is 0.270 e. The zero-order valence-corrected chi connectivity index (χ0v) is 15.3. The fourth-order valence-corrected chi connectivity index (χ4v) is 2.27. The van der Waals surface area contributed by atoms with E-state index in [4.69, 9.17) is 4.74 Å². The average Bonchev–Trinajstić information content (AvgIpc) is 2.66. The van der Waals surface area contributed by atoms with Crippen LogP contribution < -0.4 is 20.4 Å². The summed E-state index contributed by atoms with van der Waals surface area (Å²) in [4.78, 5) is 24.2. The van der Waals surface area contributed by atoms with Gasteiger partial charge < -0.3 is 15.0 Å². The lowest BCUT2D eigenvalue weighted by molar-refractivity contribution is -0.384. The molecule has 0 atom stereocenters. The maximum absolute atomic E-state index is 11.9. The maximum atomic E-state index is 11.9. The van der Waals surface area contributed by atoms with E-state index in [2.05, 4.69) is 15.8 Å². The molecule has 0 aliphatic rings. The number of rotatable bonds is 8. The normalized spacial score (nSPS) is 10.5. The van der Waals surface area contributed by atoms with E-state index in [1.807, 2.05) is 14.1 Å². The van der Waals surface area contributed by atoms with Gasteiger partial charge in [0.05, 0.1) is 24.8 Å². The first-order valence-electron chi connectivity index (χ1n) is 8.06. The fraction of sp³-hybridized carbons (Fsp3) is 0.222. The molecule has 9 nitrogen and oxygen atoms in total. The van der Waals surface area contributed by atoms with Gasteiger partial charge in [-0.25, -0.2) is 5.43 Å². The minimum absolute atomic E-state index is 0.0269. The van der Waals surface area contributed by atoms with E-state index in [1.165, 1.54) is 18.3 Å². The van der Waals surface area contributed by atoms with Crippen molar-refractivity contribution in [1.82, 2.24) is 5.43 Å². The van der Waals surface area contributed by atoms with Gasteiger partial charge in [-0.15, -0.1) is 0 Å². The van der Waals surface area contributed by atoms with Gasteiger partial charge in [0.1, 0.15) is 5.75 Å². The van der Waals surface area contributed by atoms with Crippen LogP contribution in [0.1, 0.15) is 5.56 Å². The topological polar surface area (TPSA) is 109 Å². The number of carbonyl (C=O) groups is 1. The van der Waals surface area contributed by atoms with Gasteiger partial charge in [-0.05, 0) is 30.3 Å². The van der Waals surface area contributed by atoms with Crippen molar-refractivity contribution in [2.24, 2.45) is 5.10 Å². The molecule has 2 rings (SSSR count). The summed E-state index contributed by atoms with van der Waals surface area (Å²) < 4.78 is 5.07. The number of ether oxygens (including phenoxy) is 1. The lowest BCUT2D eigenvalue weighted by Gasteiger charge is -2.14. The Morgan fingerprint density at radius 3 is 2.56 bits per heavy atom. The van der Waals surface area contributed by atoms with E-state index >= 15 is 0 Å². The number of nitrogens with zero attached hydrogens (tertiary/aromatic N) is 3. The highest BCUT2D eigenvalue weighted by Gasteiger charge is 2.11. The van der Waals surface area contributed by atoms with Crippen LogP contribution in [-0.4, -0.2) is 44.8 Å². The second-order valence-corrected chi connectivity index (χ2v) is 5.77. The Labute approximate surface area is 156 Å². The lowest BCUT2D eigenvalue weighted by Crippen LogP contribution is -2.26. The molecule has 1 amide bonds. The summed E-state index contributed by atoms with van der Waals surface area (Å²) in [6.45, 7) is 0.0269. The smallest absolute Gasteiger partial charge is 0.270 e. The molecule has 0 saturated heterocycles. The Bertz CT molecular complexity index is 834. The van der Waals surface area contributed by atoms with Crippen LogP contribution in [0.25, 0.3) is 0 Å². The summed E-state index contributed by atoms with van der Waals surface area (Å²) in [5, 5.41) is 17.8. The number of benzene rings is 2. The van der Waals surface area contributed by atoms with Crippen LogP contribution in [0.5, 0.6) is 5.75 Å². The second kappa shape index (κ2) is 9.18. The first-order valence-corrected chi connectivity index (χ1v) is 8.06. The standard InChI is InChI=1S/C18H21N5O4/c1-22(2)17-9-6-15(23(25)26)10-13(17)11-20-21-18(24)12-19-14-4-7-16(27-3)8-5-14/h4-11,19H,12H2,1-3H3,(H,21,24)/b20-11-. The molecular weight excluding hydrogens is 350 g/mol. The van der Waals surface area contributed by atoms with Crippen LogP contribution in [0.15, 0.2) is 47.6 Å². The van der Waals surface area contributed by atoms with Gasteiger partial charge in [0, 0.05) is 43.2 Å². The van der Waals surface area contributed by atoms with Crippen LogP contribution in [0.3, 0.4) is 0 Å². The summed E-state index contributed by atoms with van der Waals surface area (Å²) in [5.41, 5.74) is 4.39. The molecule has 0 saturated carbocycles. The summed E-state index contributed by atoms with van der Waals surface area (Å²) in [6, 6.07) is 11.6. The van der Waals surface area contributed by atoms with E-state index in [1.54, 1.807) is 42.3 Å². The molecule has 0 radical (unpaired) electrons. The number of nitro groups is 1. The third-order valence-electron chi connectivity index (χ3n) is 3.64. The highest BCUT2D eigenvalue weighted by Crippen LogP contribution is 2.22. The molecular formula is C18H21N5O4. The van der Waals surface area contributed by atoms with E-state index in [-0.39, 0.29) is 18.1 Å². The van der Waals surface area contributed by atoms with Gasteiger partial charge in [0.2, 0.25) is 0 Å². The van der Waals surface area contributed by atoms with Gasteiger partial charge in [-0.1, -0.05) is 0 Å². The first kappa shape index (κ1) is 19.7. The van der Waals surface area contributed by atoms with E-state index < -0.39 is 4.92 Å². The van der Waals surface area contributed by atoms with Gasteiger partial charge in [0.25, 0.3) is 11.6 Å². The molecule has 0 aliphatic heterocycles. The van der Waals surface area contributed by atoms with Crippen molar-refractivity contribution in [3.63, 3.8) is 0 Å². The van der Waals surface area contributed by atoms with Crippen molar-refractivity contribution in [1.29, 1.82) is 0 Å². The highest BCUT2D eigenvalue weighted by atomic mass is 16.6. The third kappa shape index (κ3) is 5.70. The zero-order chi connectivity index (χ0) is 19.8. The van der Waals surface area contributed by atoms with Gasteiger partial charge in [0.15, 0.2) is 0 Å². The minimum Gasteiger partial charge on any atom is -0.497 e. The summed E-state index contributed by atoms with van der Waals surface area (Å²) in [7, 11) is 5.21. The van der Waals surface area contributed by atoms with Gasteiger partial charge >= 0.3 is 0 Å². The Balaban J connectivity index is 1.96. The third-order valence-corrected chi connectivity index (χ3v) is 3.64. The van der Waals surface area contributed by atoms with Crippen molar-refractivity contribution in [3.05, 3.63) is 58.1 Å². The molecule has 0 aromatic heterocycles. The molecule has 0 fully saturated rings. The van der Waals surface area contributed by atoms with Crippen LogP contribution >= 0.6 is 0 Å². The number of carbonyl (C=O) groups excluding carboxylic acids is 1. The number of non-ortho nitro benzene ring substituents is 1. The monoisotopic (exact) mass is 371 g/mol. The van der Waals surface area contributed by atoms with Crippen molar-refractivity contribution in [2.45, 2.75) is 0 Å². The number of hydrogen-bond donors (Lipinski definition) is 2. The number of methoxy groups -OCH3 is 1. The van der Waals surface area contributed by atoms with Crippen molar-refractivity contribution < 1.29 is 14.5 Å². The largest absolute Gasteiger partial charge is 0.497 e. The lowest BCUT2D eigenvalue weighted by atomic mass is 10.1. The Morgan fingerprint density at radius 2 is 1.96 bits per heavy atom. The second-order valence-electron chi connectivity index (χ2n) is 5.77. The van der Waals surface area contributed by atoms with E-state index in [0.29, 0.717) is 5.56 Å². The summed E-state index contributed by atoms with van der Waals surface area (Å²) >= 11 is 0. The number of amides is 1. The summed E-state index contributed by atoms with van der Waals surface area (Å²) in [6.07, 6.45) is 1.38. The number of anilines is 2. The SMILES string of the molecule is COc1ccc(NCC(=O)N/N=C\c2cc([N+](=O)[O-])ccc2N(C)C)cc1. The predicted molar refractivity (Wildman–Crippen MR) is 105 cm³/mol. The summed E-state index contributed by atoms with van der Waals surface area (Å²) in [5.74, 6) is 0.377. The molecule has 0 aliphatic carbocycles. The molecule has 0 heterocycles. The Hall–Kier alpha value is -3.62. The molecule has 0 spiro atoms. The molecule has 27 heavy (non-hydrogen) atoms. The van der Waals surface area contributed by atoms with Crippen molar-refractivity contribution in [3.8, 4) is 5.75 Å². The molecule has 0 unspecified atom stereocenters. The quantitative estimate of drug-likeness (QED) is 0.418. The molecule has 142 valence electrons. The Morgan fingerprint density at radius 1 is 1.26 bits per heavy atom. The van der Waals surface area contributed by atoms with Gasteiger partial charge in [-0.3, -0.25) is 14.9 Å². The first-order chi connectivity index (χ1) is 12.9. The molecule has 2 N–H and O–H groups in total. The molecule has 0 bridgehead atoms. The van der Waals surface area contributed by atoms with E-state index in [0.717, 1.165) is 17.1 Å². The van der Waals surface area contributed by atoms with Gasteiger partial charge in [-0.2, -0.15) is 5.10 Å². The molecule has 2 aromatic carbocycles. The highest BCUT2D eigenvalue weighted by molar-refractivity contribution is 5.90. The van der Waals surface area contributed by atoms with Crippen LogP contribution in [0, 0.1) is 10.1 Å². The number of hydrogen-bond acceptors (Lipinski definition) is 7. The number of nitrogens with one attached hydrogen (secondary N) is 2. The fourth-order valence-electron chi connectivity index (χ4n) is 2.27. The van der Waals surface area contributed by atoms with Crippen LogP contribution in [0.4, 0.5) is 17.1 Å². The van der Waals surface area contributed by atoms with Crippen LogP contribution in [0.2, 0.25) is 0 Å².